The fraction of sp³-hybridized carbons (Fsp3) is 0.591. The molecule has 0 aliphatic carbocycles. The molecule has 0 spiro atoms. The van der Waals surface area contributed by atoms with Crippen molar-refractivity contribution in [3.8, 4) is 0 Å². The average molecular weight is 1060 g/mol. The van der Waals surface area contributed by atoms with Gasteiger partial charge in [0.1, 0.15) is 42.3 Å². The van der Waals surface area contributed by atoms with Crippen LogP contribution in [0.3, 0.4) is 0 Å². The molecule has 21 N–H and O–H groups in total. The lowest BCUT2D eigenvalue weighted by molar-refractivity contribution is -0.142. The van der Waals surface area contributed by atoms with Crippen molar-refractivity contribution in [2.75, 3.05) is 37.7 Å². The van der Waals surface area contributed by atoms with Crippen molar-refractivity contribution in [3.05, 3.63) is 35.9 Å². The number of nitrogens with zero attached hydrogens (tertiary/aromatic N) is 3. The first kappa shape index (κ1) is 60.4. The smallest absolute Gasteiger partial charge is 0.246 e. The van der Waals surface area contributed by atoms with Crippen LogP contribution in [0.25, 0.3) is 0 Å². The predicted molar refractivity (Wildman–Crippen MR) is 275 cm³/mol. The lowest BCUT2D eigenvalue weighted by atomic mass is 9.96. The zero-order chi connectivity index (χ0) is 54.2. The van der Waals surface area contributed by atoms with Gasteiger partial charge in [-0.25, -0.2) is 0 Å². The number of carbonyl (C=O) groups excluding carboxylic acids is 10. The van der Waals surface area contributed by atoms with Crippen LogP contribution in [0, 0.1) is 5.92 Å². The summed E-state index contributed by atoms with van der Waals surface area (Å²) in [5.74, 6) is -9.48. The fourth-order valence-electron chi connectivity index (χ4n) is 7.61. The molecule has 27 nitrogen and oxygen atoms in total. The Morgan fingerprint density at radius 3 is 1.99 bits per heavy atom. The van der Waals surface area contributed by atoms with E-state index >= 15 is 0 Å². The summed E-state index contributed by atoms with van der Waals surface area (Å²) in [4.78, 5) is 145. The molecule has 2 heterocycles. The third kappa shape index (κ3) is 21.0. The van der Waals surface area contributed by atoms with Crippen molar-refractivity contribution in [2.24, 2.45) is 56.0 Å². The van der Waals surface area contributed by atoms with Gasteiger partial charge in [0.05, 0.1) is 19.0 Å². The van der Waals surface area contributed by atoms with Crippen LogP contribution in [0.5, 0.6) is 0 Å². The zero-order valence-corrected chi connectivity index (χ0v) is 42.6. The molecule has 3 rings (SSSR count). The zero-order valence-electron chi connectivity index (χ0n) is 41.0. The molecule has 2 aliphatic rings. The molecular weight excluding hydrogens is 991 g/mol. The number of nitrogens with one attached hydrogen (secondary N) is 7. The summed E-state index contributed by atoms with van der Waals surface area (Å²) < 4.78 is 0. The maximum atomic E-state index is 14.6. The average Bonchev–Trinajstić information content (AvgIpc) is 3.84. The van der Waals surface area contributed by atoms with E-state index in [0.29, 0.717) is 18.4 Å². The largest absolute Gasteiger partial charge is 0.370 e. The number of carbonyl (C=O) groups is 10. The highest BCUT2D eigenvalue weighted by Gasteiger charge is 2.41. The third-order valence-electron chi connectivity index (χ3n) is 11.7. The second kappa shape index (κ2) is 30.9. The molecule has 2 fully saturated rings. The van der Waals surface area contributed by atoms with Crippen molar-refractivity contribution in [2.45, 2.75) is 120 Å². The number of likely N-dealkylation sites (tertiary alicyclic amines) is 1. The van der Waals surface area contributed by atoms with Crippen molar-refractivity contribution < 1.29 is 47.9 Å². The molecular formula is C44H71N17O10S2. The number of amides is 10. The van der Waals surface area contributed by atoms with Gasteiger partial charge >= 0.3 is 0 Å². The summed E-state index contributed by atoms with van der Waals surface area (Å²) in [5, 5.41) is 18.2. The molecule has 0 aromatic heterocycles. The van der Waals surface area contributed by atoms with Gasteiger partial charge in [0.15, 0.2) is 11.9 Å². The van der Waals surface area contributed by atoms with Crippen LogP contribution in [-0.2, 0) is 54.4 Å². The maximum absolute atomic E-state index is 14.6. The quantitative estimate of drug-likeness (QED) is 0.0251. The van der Waals surface area contributed by atoms with Crippen molar-refractivity contribution in [1.29, 1.82) is 0 Å². The van der Waals surface area contributed by atoms with E-state index in [1.54, 1.807) is 44.2 Å². The highest BCUT2D eigenvalue weighted by Crippen LogP contribution is 2.26. The summed E-state index contributed by atoms with van der Waals surface area (Å²) in [6, 6.07) is -1.81. The molecule has 0 unspecified atom stereocenters. The van der Waals surface area contributed by atoms with E-state index in [2.05, 4.69) is 47.2 Å². The number of primary amides is 2. The molecule has 404 valence electrons. The van der Waals surface area contributed by atoms with Crippen LogP contribution in [0.1, 0.15) is 70.8 Å². The summed E-state index contributed by atoms with van der Waals surface area (Å²) in [6.07, 6.45) is 0.382. The number of hydrogen-bond donors (Lipinski definition) is 14. The molecule has 0 radical (unpaired) electrons. The van der Waals surface area contributed by atoms with E-state index in [0.717, 1.165) is 21.6 Å². The van der Waals surface area contributed by atoms with E-state index in [4.69, 9.17) is 40.1 Å². The first-order valence-electron chi connectivity index (χ1n) is 23.7. The van der Waals surface area contributed by atoms with Crippen LogP contribution in [-0.4, -0.2) is 162 Å². The van der Waals surface area contributed by atoms with Gasteiger partial charge in [0.2, 0.25) is 59.1 Å². The number of hydrogen-bond acceptors (Lipinski definition) is 15. The molecule has 29 heteroatoms. The van der Waals surface area contributed by atoms with Gasteiger partial charge < -0.3 is 82.3 Å². The number of rotatable bonds is 20. The topological polar surface area (TPSA) is 465 Å². The van der Waals surface area contributed by atoms with Crippen LogP contribution >= 0.6 is 21.6 Å². The third-order valence-corrected chi connectivity index (χ3v) is 14.1. The van der Waals surface area contributed by atoms with Crippen molar-refractivity contribution >= 4 is 92.6 Å². The van der Waals surface area contributed by atoms with E-state index in [1.807, 2.05) is 0 Å². The van der Waals surface area contributed by atoms with Crippen molar-refractivity contribution in [3.63, 3.8) is 0 Å². The maximum Gasteiger partial charge on any atom is 0.246 e. The highest BCUT2D eigenvalue weighted by atomic mass is 33.1. The molecule has 2 aliphatic heterocycles. The Bertz CT molecular complexity index is 2170. The highest BCUT2D eigenvalue weighted by molar-refractivity contribution is 8.76. The molecule has 1 aromatic carbocycles. The van der Waals surface area contributed by atoms with Gasteiger partial charge in [-0.15, -0.1) is 0 Å². The molecule has 0 bridgehead atoms. The van der Waals surface area contributed by atoms with Crippen LogP contribution in [0.4, 0.5) is 0 Å². The molecule has 10 amide bonds. The minimum atomic E-state index is -1.71. The fourth-order valence-corrected chi connectivity index (χ4v) is 9.89. The predicted octanol–water partition coefficient (Wildman–Crippen LogP) is -5.52. The minimum Gasteiger partial charge on any atom is -0.370 e. The summed E-state index contributed by atoms with van der Waals surface area (Å²) in [5.41, 5.74) is 39.7. The van der Waals surface area contributed by atoms with E-state index in [-0.39, 0.29) is 81.6 Å². The van der Waals surface area contributed by atoms with Gasteiger partial charge in [0.25, 0.3) is 0 Å². The minimum absolute atomic E-state index is 0.0144. The summed E-state index contributed by atoms with van der Waals surface area (Å²) in [7, 11) is 2.09. The molecule has 0 saturated carbocycles. The van der Waals surface area contributed by atoms with E-state index in [9.17, 15) is 47.9 Å². The van der Waals surface area contributed by atoms with E-state index < -0.39 is 126 Å². The molecule has 73 heavy (non-hydrogen) atoms. The Morgan fingerprint density at radius 1 is 0.753 bits per heavy atom. The number of benzene rings is 1. The van der Waals surface area contributed by atoms with Gasteiger partial charge in [-0.05, 0) is 50.0 Å². The number of nitrogens with two attached hydrogens (primary N) is 7. The lowest BCUT2D eigenvalue weighted by Gasteiger charge is -2.31. The van der Waals surface area contributed by atoms with Gasteiger partial charge in [-0.2, -0.15) is 0 Å². The first-order chi connectivity index (χ1) is 34.6. The van der Waals surface area contributed by atoms with Crippen LogP contribution < -0.4 is 77.4 Å². The normalized spacial score (nSPS) is 23.4. The Kier molecular flexibility index (Phi) is 25.6. The molecule has 2 saturated heterocycles. The second-order valence-corrected chi connectivity index (χ2v) is 20.0. The lowest BCUT2D eigenvalue weighted by Crippen LogP contribution is -2.61. The number of aliphatic imine (C=N–C) groups is 2. The Labute approximate surface area is 430 Å². The van der Waals surface area contributed by atoms with E-state index in [1.165, 1.54) is 4.90 Å². The van der Waals surface area contributed by atoms with Crippen molar-refractivity contribution in [1.82, 2.24) is 42.1 Å². The molecule has 1 aromatic rings. The Balaban J connectivity index is 2.05. The van der Waals surface area contributed by atoms with Gasteiger partial charge in [0, 0.05) is 37.6 Å². The number of guanidine groups is 2. The van der Waals surface area contributed by atoms with Gasteiger partial charge in [-0.1, -0.05) is 72.2 Å². The summed E-state index contributed by atoms with van der Waals surface area (Å²) in [6.45, 7) is 3.14. The first-order valence-corrected chi connectivity index (χ1v) is 26.2. The van der Waals surface area contributed by atoms with Crippen LogP contribution in [0.2, 0.25) is 0 Å². The van der Waals surface area contributed by atoms with Crippen LogP contribution in [0.15, 0.2) is 40.3 Å². The SMILES string of the molecule is CC[C@H](C)[C@@H]1NC(=O)[C@H](Cc2ccccc2)NC(=O)[C@@H](N)CSSC[C@@H](C(=O)N2CCC[C@H]2C(=O)N[C@@H](CCCN=C(N)N)C(=O)NCC(N)=O)NC(=O)[C@H](CC(N)=O)NC(=O)[C@H](CCCN=C(N)N)NC1=O. The monoisotopic (exact) mass is 1060 g/mol. The summed E-state index contributed by atoms with van der Waals surface area (Å²) >= 11 is 0. The molecule has 9 atom stereocenters. The Hall–Kier alpha value is -6.88. The second-order valence-electron chi connectivity index (χ2n) is 17.5. The Morgan fingerprint density at radius 2 is 1.36 bits per heavy atom. The van der Waals surface area contributed by atoms with Gasteiger partial charge in [-0.3, -0.25) is 57.9 Å². The standard InChI is InChI=1S/C44H71N17O10S2/c1-3-23(2)34-41(70)56-27(13-8-16-53-44(50)51)37(66)58-29(19-32(46)62)38(67)59-30(22-73-72-21-25(45)35(64)57-28(39(68)60-34)18-24-10-5-4-6-11-24)42(71)61-17-9-14-31(61)40(69)55-26(12-7-15-52-43(48)49)36(65)54-20-33(47)63/h4-6,10-11,23,25-31,34H,3,7-9,12-22,45H2,1-2H3,(H2,46,62)(H2,47,63)(H,54,65)(H,55,69)(H,56,70)(H,57,64)(H,58,66)(H,59,67)(H,60,68)(H4,48,49,52)(H4,50,51,53)/t23-,25-,26-,27-,28-,29-,30-,31-,34-/m0/s1.